The van der Waals surface area contributed by atoms with E-state index in [2.05, 4.69) is 0 Å². The van der Waals surface area contributed by atoms with Gasteiger partial charge in [0.1, 0.15) is 5.75 Å². The first kappa shape index (κ1) is 13.1. The Balaban J connectivity index is 0.000000686. The van der Waals surface area contributed by atoms with Crippen molar-refractivity contribution in [2.75, 3.05) is 6.61 Å². The fraction of sp³-hybridized carbons (Fsp3) is 0.308. The van der Waals surface area contributed by atoms with Crippen LogP contribution in [0.5, 0.6) is 5.75 Å². The Labute approximate surface area is 100 Å². The van der Waals surface area contributed by atoms with Crippen LogP contribution in [-0.4, -0.2) is 22.1 Å². The van der Waals surface area contributed by atoms with Crippen LogP contribution in [0.15, 0.2) is 30.6 Å². The topological polar surface area (TPSA) is 50.9 Å². The molecule has 0 bridgehead atoms. The predicted molar refractivity (Wildman–Crippen MR) is 66.4 cm³/mol. The minimum Gasteiger partial charge on any atom is -0.508 e. The summed E-state index contributed by atoms with van der Waals surface area (Å²) in [5, 5.41) is 9.32. The molecule has 0 aliphatic carbocycles. The number of pyridine rings is 1. The van der Waals surface area contributed by atoms with E-state index in [4.69, 9.17) is 4.74 Å². The van der Waals surface area contributed by atoms with Crippen molar-refractivity contribution in [3.05, 3.63) is 36.2 Å². The molecule has 0 aromatic carbocycles. The SMILES string of the molecule is CC.CCOC(=O)c1ccn2ccc(O)cc12. The van der Waals surface area contributed by atoms with Crippen molar-refractivity contribution in [2.24, 2.45) is 0 Å². The predicted octanol–water partition coefficient (Wildman–Crippen LogP) is 2.85. The van der Waals surface area contributed by atoms with E-state index in [1.165, 1.54) is 6.07 Å². The number of carbonyl (C=O) groups is 1. The number of hydrogen-bond acceptors (Lipinski definition) is 3. The molecule has 0 aliphatic rings. The Bertz CT molecular complexity index is 502. The van der Waals surface area contributed by atoms with E-state index in [0.29, 0.717) is 17.7 Å². The molecule has 2 aromatic rings. The summed E-state index contributed by atoms with van der Waals surface area (Å²) >= 11 is 0. The van der Waals surface area contributed by atoms with Gasteiger partial charge in [-0.15, -0.1) is 0 Å². The van der Waals surface area contributed by atoms with Crippen molar-refractivity contribution in [1.82, 2.24) is 4.40 Å². The minimum atomic E-state index is -0.370. The van der Waals surface area contributed by atoms with Crippen LogP contribution in [0.3, 0.4) is 0 Å². The highest BCUT2D eigenvalue weighted by atomic mass is 16.5. The van der Waals surface area contributed by atoms with Gasteiger partial charge in [0, 0.05) is 18.5 Å². The van der Waals surface area contributed by atoms with Crippen LogP contribution in [0.25, 0.3) is 5.52 Å². The number of esters is 1. The van der Waals surface area contributed by atoms with Crippen molar-refractivity contribution < 1.29 is 14.6 Å². The maximum Gasteiger partial charge on any atom is 0.340 e. The fourth-order valence-electron chi connectivity index (χ4n) is 1.47. The number of hydrogen-bond donors (Lipinski definition) is 1. The summed E-state index contributed by atoms with van der Waals surface area (Å²) in [5.74, 6) is -0.239. The molecule has 0 atom stereocenters. The zero-order valence-electron chi connectivity index (χ0n) is 10.3. The van der Waals surface area contributed by atoms with E-state index in [0.717, 1.165) is 0 Å². The summed E-state index contributed by atoms with van der Waals surface area (Å²) in [6.07, 6.45) is 3.44. The maximum atomic E-state index is 11.5. The summed E-state index contributed by atoms with van der Waals surface area (Å²) in [6, 6.07) is 4.76. The van der Waals surface area contributed by atoms with Gasteiger partial charge in [0.15, 0.2) is 0 Å². The Morgan fingerprint density at radius 1 is 1.35 bits per heavy atom. The molecule has 17 heavy (non-hydrogen) atoms. The number of nitrogens with zero attached hydrogens (tertiary/aromatic N) is 1. The highest BCUT2D eigenvalue weighted by molar-refractivity contribution is 5.97. The standard InChI is InChI=1S/C11H11NO3.C2H6/c1-2-15-11(14)9-4-6-12-5-3-8(13)7-10(9)12;1-2/h3-7,13H,2H2,1H3;1-2H3. The third kappa shape index (κ3) is 2.78. The molecule has 2 rings (SSSR count). The third-order valence-corrected chi connectivity index (χ3v) is 2.14. The molecule has 2 aromatic heterocycles. The smallest absolute Gasteiger partial charge is 0.340 e. The first-order valence-corrected chi connectivity index (χ1v) is 5.69. The molecule has 0 radical (unpaired) electrons. The van der Waals surface area contributed by atoms with E-state index in [-0.39, 0.29) is 11.7 Å². The normalized spacial score (nSPS) is 9.59. The highest BCUT2D eigenvalue weighted by Crippen LogP contribution is 2.18. The lowest BCUT2D eigenvalue weighted by Gasteiger charge is -2.01. The summed E-state index contributed by atoms with van der Waals surface area (Å²) in [7, 11) is 0. The van der Waals surface area contributed by atoms with Gasteiger partial charge in [0.05, 0.1) is 17.7 Å². The molecule has 0 amide bonds. The van der Waals surface area contributed by atoms with Crippen molar-refractivity contribution in [1.29, 1.82) is 0 Å². The molecule has 0 unspecified atom stereocenters. The van der Waals surface area contributed by atoms with Gasteiger partial charge in [-0.25, -0.2) is 4.79 Å². The van der Waals surface area contributed by atoms with E-state index in [1.807, 2.05) is 13.8 Å². The average molecular weight is 235 g/mol. The maximum absolute atomic E-state index is 11.5. The number of fused-ring (bicyclic) bond motifs is 1. The Morgan fingerprint density at radius 3 is 2.65 bits per heavy atom. The highest BCUT2D eigenvalue weighted by Gasteiger charge is 2.12. The monoisotopic (exact) mass is 235 g/mol. The van der Waals surface area contributed by atoms with Gasteiger partial charge in [-0.2, -0.15) is 0 Å². The lowest BCUT2D eigenvalue weighted by Crippen LogP contribution is -2.03. The van der Waals surface area contributed by atoms with Crippen LogP contribution in [0, 0.1) is 0 Å². The van der Waals surface area contributed by atoms with Crippen LogP contribution >= 0.6 is 0 Å². The number of ether oxygens (including phenoxy) is 1. The van der Waals surface area contributed by atoms with Crippen molar-refractivity contribution in [3.8, 4) is 5.75 Å². The minimum absolute atomic E-state index is 0.131. The number of aromatic hydroxyl groups is 1. The molecule has 0 saturated carbocycles. The van der Waals surface area contributed by atoms with Crippen molar-refractivity contribution in [3.63, 3.8) is 0 Å². The van der Waals surface area contributed by atoms with Crippen LogP contribution in [-0.2, 0) is 4.74 Å². The molecule has 0 aliphatic heterocycles. The summed E-state index contributed by atoms with van der Waals surface area (Å²) < 4.78 is 6.66. The number of carbonyl (C=O) groups excluding carboxylic acids is 1. The van der Waals surface area contributed by atoms with Crippen LogP contribution in [0.4, 0.5) is 0 Å². The summed E-state index contributed by atoms with van der Waals surface area (Å²) in [6.45, 7) is 6.10. The van der Waals surface area contributed by atoms with Gasteiger partial charge in [0.25, 0.3) is 0 Å². The van der Waals surface area contributed by atoms with Gasteiger partial charge in [0.2, 0.25) is 0 Å². The summed E-state index contributed by atoms with van der Waals surface area (Å²) in [4.78, 5) is 11.5. The Morgan fingerprint density at radius 2 is 2.00 bits per heavy atom. The fourth-order valence-corrected chi connectivity index (χ4v) is 1.47. The zero-order chi connectivity index (χ0) is 12.8. The molecular weight excluding hydrogens is 218 g/mol. The van der Waals surface area contributed by atoms with Crippen molar-refractivity contribution in [2.45, 2.75) is 20.8 Å². The van der Waals surface area contributed by atoms with Gasteiger partial charge in [-0.1, -0.05) is 13.8 Å². The van der Waals surface area contributed by atoms with Gasteiger partial charge < -0.3 is 14.2 Å². The summed E-state index contributed by atoms with van der Waals surface area (Å²) in [5.41, 5.74) is 1.11. The number of aromatic nitrogens is 1. The lowest BCUT2D eigenvalue weighted by atomic mass is 10.2. The average Bonchev–Trinajstić information content (AvgIpc) is 2.75. The third-order valence-electron chi connectivity index (χ3n) is 2.14. The largest absolute Gasteiger partial charge is 0.508 e. The second-order valence-corrected chi connectivity index (χ2v) is 3.13. The van der Waals surface area contributed by atoms with Crippen LogP contribution in [0.2, 0.25) is 0 Å². The molecule has 4 heteroatoms. The zero-order valence-corrected chi connectivity index (χ0v) is 10.3. The molecule has 4 nitrogen and oxygen atoms in total. The Kier molecular flexibility index (Phi) is 4.57. The van der Waals surface area contributed by atoms with Gasteiger partial charge >= 0.3 is 5.97 Å². The first-order valence-electron chi connectivity index (χ1n) is 5.69. The molecule has 0 fully saturated rings. The van der Waals surface area contributed by atoms with E-state index in [1.54, 1.807) is 35.9 Å². The van der Waals surface area contributed by atoms with Crippen molar-refractivity contribution >= 4 is 11.5 Å². The molecule has 0 saturated heterocycles. The van der Waals surface area contributed by atoms with Crippen LogP contribution in [0.1, 0.15) is 31.1 Å². The second-order valence-electron chi connectivity index (χ2n) is 3.13. The lowest BCUT2D eigenvalue weighted by molar-refractivity contribution is 0.0529. The first-order chi connectivity index (χ1) is 8.22. The Hall–Kier alpha value is -1.97. The second kappa shape index (κ2) is 5.94. The molecule has 2 heterocycles. The van der Waals surface area contributed by atoms with E-state index in [9.17, 15) is 9.90 Å². The number of rotatable bonds is 2. The van der Waals surface area contributed by atoms with Crippen LogP contribution < -0.4 is 0 Å². The molecular formula is C13H17NO3. The molecule has 1 N–H and O–H groups in total. The van der Waals surface area contributed by atoms with E-state index < -0.39 is 0 Å². The quantitative estimate of drug-likeness (QED) is 0.814. The molecule has 92 valence electrons. The van der Waals surface area contributed by atoms with Gasteiger partial charge in [-0.3, -0.25) is 0 Å². The van der Waals surface area contributed by atoms with E-state index >= 15 is 0 Å². The molecule has 0 spiro atoms. The van der Waals surface area contributed by atoms with Gasteiger partial charge in [-0.05, 0) is 19.1 Å².